The maximum absolute atomic E-state index is 11.9. The van der Waals surface area contributed by atoms with Gasteiger partial charge < -0.3 is 15.2 Å². The molecule has 0 heterocycles. The Morgan fingerprint density at radius 3 is 2.52 bits per heavy atom. The van der Waals surface area contributed by atoms with Gasteiger partial charge in [-0.2, -0.15) is 13.2 Å². The minimum absolute atomic E-state index is 0.0482. The number of carbonyl (C=O) groups excluding carboxylic acids is 1. The Morgan fingerprint density at radius 2 is 1.95 bits per heavy atom. The standard InChI is InChI=1S/C14H18F3NO3/c1-10(21-9-14(15,16)17)13(20)18-8-12(19)7-11-5-3-2-4-6-11/h2-6,10,12,19H,7-9H2,1H3,(H,18,20)/t10-,12+/m1/s1. The second-order valence-corrected chi connectivity index (χ2v) is 4.66. The van der Waals surface area contributed by atoms with E-state index in [-0.39, 0.29) is 6.54 Å². The summed E-state index contributed by atoms with van der Waals surface area (Å²) in [6, 6.07) is 9.17. The molecule has 2 N–H and O–H groups in total. The highest BCUT2D eigenvalue weighted by Gasteiger charge is 2.29. The second kappa shape index (κ2) is 7.99. The molecule has 1 aromatic rings. The number of rotatable bonds is 7. The average molecular weight is 305 g/mol. The zero-order valence-electron chi connectivity index (χ0n) is 11.6. The van der Waals surface area contributed by atoms with E-state index in [0.717, 1.165) is 5.56 Å². The molecule has 7 heteroatoms. The summed E-state index contributed by atoms with van der Waals surface area (Å²) in [5, 5.41) is 12.1. The van der Waals surface area contributed by atoms with Crippen molar-refractivity contribution < 1.29 is 27.8 Å². The number of nitrogens with one attached hydrogen (secondary N) is 1. The summed E-state index contributed by atoms with van der Waals surface area (Å²) in [7, 11) is 0. The van der Waals surface area contributed by atoms with Crippen molar-refractivity contribution in [3.8, 4) is 0 Å². The van der Waals surface area contributed by atoms with Crippen LogP contribution in [0.3, 0.4) is 0 Å². The minimum Gasteiger partial charge on any atom is -0.391 e. The first-order valence-electron chi connectivity index (χ1n) is 6.46. The molecule has 0 saturated heterocycles. The molecular weight excluding hydrogens is 287 g/mol. The number of hydrogen-bond acceptors (Lipinski definition) is 3. The third-order valence-electron chi connectivity index (χ3n) is 2.69. The van der Waals surface area contributed by atoms with E-state index in [1.807, 2.05) is 30.3 Å². The van der Waals surface area contributed by atoms with Crippen LogP contribution in [0, 0.1) is 0 Å². The predicted octanol–water partition coefficient (Wildman–Crippen LogP) is 1.67. The van der Waals surface area contributed by atoms with Gasteiger partial charge in [-0.05, 0) is 12.5 Å². The first-order valence-corrected chi connectivity index (χ1v) is 6.46. The molecule has 0 fully saturated rings. The van der Waals surface area contributed by atoms with Crippen LogP contribution in [0.5, 0.6) is 0 Å². The van der Waals surface area contributed by atoms with Gasteiger partial charge in [-0.1, -0.05) is 30.3 Å². The van der Waals surface area contributed by atoms with Crippen molar-refractivity contribution in [3.63, 3.8) is 0 Å². The summed E-state index contributed by atoms with van der Waals surface area (Å²) in [5.74, 6) is -0.689. The molecule has 4 nitrogen and oxygen atoms in total. The maximum atomic E-state index is 11.9. The highest BCUT2D eigenvalue weighted by Crippen LogP contribution is 2.15. The lowest BCUT2D eigenvalue weighted by Crippen LogP contribution is -2.40. The molecule has 0 bridgehead atoms. The average Bonchev–Trinajstić information content (AvgIpc) is 2.42. The number of alkyl halides is 3. The van der Waals surface area contributed by atoms with E-state index >= 15 is 0 Å². The maximum Gasteiger partial charge on any atom is 0.411 e. The number of halogens is 3. The SMILES string of the molecule is C[C@@H](OCC(F)(F)F)C(=O)NC[C@@H](O)Cc1ccccc1. The molecule has 0 aliphatic carbocycles. The summed E-state index contributed by atoms with van der Waals surface area (Å²) < 4.78 is 40.2. The lowest BCUT2D eigenvalue weighted by molar-refractivity contribution is -0.185. The van der Waals surface area contributed by atoms with E-state index in [1.54, 1.807) is 0 Å². The summed E-state index contributed by atoms with van der Waals surface area (Å²) >= 11 is 0. The van der Waals surface area contributed by atoms with Gasteiger partial charge in [-0.25, -0.2) is 0 Å². The Hall–Kier alpha value is -1.60. The molecule has 0 saturated carbocycles. The molecule has 0 unspecified atom stereocenters. The van der Waals surface area contributed by atoms with Crippen LogP contribution >= 0.6 is 0 Å². The molecule has 1 amide bonds. The fourth-order valence-corrected chi connectivity index (χ4v) is 1.62. The highest BCUT2D eigenvalue weighted by atomic mass is 19.4. The highest BCUT2D eigenvalue weighted by molar-refractivity contribution is 5.80. The van der Waals surface area contributed by atoms with Crippen molar-refractivity contribution in [2.75, 3.05) is 13.2 Å². The fraction of sp³-hybridized carbons (Fsp3) is 0.500. The monoisotopic (exact) mass is 305 g/mol. The van der Waals surface area contributed by atoms with Crippen LogP contribution in [0.25, 0.3) is 0 Å². The molecule has 0 radical (unpaired) electrons. The molecule has 1 aromatic carbocycles. The number of amides is 1. The zero-order chi connectivity index (χ0) is 15.9. The van der Waals surface area contributed by atoms with Crippen LogP contribution in [0.2, 0.25) is 0 Å². The van der Waals surface area contributed by atoms with Crippen LogP contribution in [-0.4, -0.2) is 42.5 Å². The lowest BCUT2D eigenvalue weighted by Gasteiger charge is -2.16. The third-order valence-corrected chi connectivity index (χ3v) is 2.69. The van der Waals surface area contributed by atoms with Crippen LogP contribution in [-0.2, 0) is 16.0 Å². The Kier molecular flexibility index (Phi) is 6.64. The minimum atomic E-state index is -4.47. The van der Waals surface area contributed by atoms with Gasteiger partial charge in [0.1, 0.15) is 12.7 Å². The van der Waals surface area contributed by atoms with Crippen molar-refractivity contribution in [3.05, 3.63) is 35.9 Å². The molecular formula is C14H18F3NO3. The van der Waals surface area contributed by atoms with Gasteiger partial charge >= 0.3 is 6.18 Å². The van der Waals surface area contributed by atoms with Gasteiger partial charge in [0.05, 0.1) is 6.10 Å². The topological polar surface area (TPSA) is 58.6 Å². The van der Waals surface area contributed by atoms with Crippen LogP contribution in [0.1, 0.15) is 12.5 Å². The normalized spacial score (nSPS) is 14.5. The number of ether oxygens (including phenoxy) is 1. The van der Waals surface area contributed by atoms with Crippen LogP contribution in [0.15, 0.2) is 30.3 Å². The predicted molar refractivity (Wildman–Crippen MR) is 70.6 cm³/mol. The molecule has 2 atom stereocenters. The van der Waals surface area contributed by atoms with Gasteiger partial charge in [-0.15, -0.1) is 0 Å². The van der Waals surface area contributed by atoms with Gasteiger partial charge in [0.25, 0.3) is 0 Å². The van der Waals surface area contributed by atoms with Crippen molar-refractivity contribution in [1.29, 1.82) is 0 Å². The summed E-state index contributed by atoms with van der Waals surface area (Å²) in [4.78, 5) is 11.5. The van der Waals surface area contributed by atoms with Gasteiger partial charge in [0, 0.05) is 13.0 Å². The van der Waals surface area contributed by atoms with Crippen LogP contribution in [0.4, 0.5) is 13.2 Å². The molecule has 118 valence electrons. The van der Waals surface area contributed by atoms with Crippen molar-refractivity contribution in [2.24, 2.45) is 0 Å². The van der Waals surface area contributed by atoms with Crippen molar-refractivity contribution in [1.82, 2.24) is 5.32 Å². The van der Waals surface area contributed by atoms with E-state index in [2.05, 4.69) is 10.1 Å². The molecule has 0 aliphatic heterocycles. The Morgan fingerprint density at radius 1 is 1.33 bits per heavy atom. The summed E-state index contributed by atoms with van der Waals surface area (Å²) in [5.41, 5.74) is 0.903. The first-order chi connectivity index (χ1) is 9.78. The molecule has 0 spiro atoms. The number of benzene rings is 1. The lowest BCUT2D eigenvalue weighted by atomic mass is 10.1. The zero-order valence-corrected chi connectivity index (χ0v) is 11.6. The molecule has 0 aliphatic rings. The van der Waals surface area contributed by atoms with Crippen LogP contribution < -0.4 is 5.32 Å². The molecule has 1 rings (SSSR count). The number of aliphatic hydroxyl groups is 1. The van der Waals surface area contributed by atoms with Gasteiger partial charge in [0.15, 0.2) is 0 Å². The van der Waals surface area contributed by atoms with E-state index in [1.165, 1.54) is 6.92 Å². The molecule has 21 heavy (non-hydrogen) atoms. The Balaban J connectivity index is 2.28. The summed E-state index contributed by atoms with van der Waals surface area (Å²) in [6.07, 6.45) is -6.16. The number of hydrogen-bond donors (Lipinski definition) is 2. The first kappa shape index (κ1) is 17.5. The second-order valence-electron chi connectivity index (χ2n) is 4.66. The Labute approximate surface area is 120 Å². The summed E-state index contributed by atoms with van der Waals surface area (Å²) in [6.45, 7) is -0.299. The van der Waals surface area contributed by atoms with E-state index < -0.39 is 30.9 Å². The van der Waals surface area contributed by atoms with E-state index in [4.69, 9.17) is 0 Å². The Bertz CT molecular complexity index is 437. The fourth-order valence-electron chi connectivity index (χ4n) is 1.62. The van der Waals surface area contributed by atoms with E-state index in [9.17, 15) is 23.1 Å². The quantitative estimate of drug-likeness (QED) is 0.806. The largest absolute Gasteiger partial charge is 0.411 e. The number of aliphatic hydroxyl groups excluding tert-OH is 1. The van der Waals surface area contributed by atoms with E-state index in [0.29, 0.717) is 6.42 Å². The van der Waals surface area contributed by atoms with Crippen molar-refractivity contribution >= 4 is 5.91 Å². The molecule has 0 aromatic heterocycles. The number of carbonyl (C=O) groups is 1. The smallest absolute Gasteiger partial charge is 0.391 e. The van der Waals surface area contributed by atoms with Gasteiger partial charge in [0.2, 0.25) is 5.91 Å². The van der Waals surface area contributed by atoms with Crippen molar-refractivity contribution in [2.45, 2.75) is 31.7 Å². The van der Waals surface area contributed by atoms with Gasteiger partial charge in [-0.3, -0.25) is 4.79 Å². The third kappa shape index (κ3) is 7.67.